The minimum absolute atomic E-state index is 0. The van der Waals surface area contributed by atoms with Crippen LogP contribution in [0.25, 0.3) is 0 Å². The molecular weight excluding hydrogens is 433 g/mol. The fourth-order valence-corrected chi connectivity index (χ4v) is 2.88. The molecule has 0 saturated heterocycles. The van der Waals surface area contributed by atoms with Gasteiger partial charge in [0.1, 0.15) is 5.75 Å². The van der Waals surface area contributed by atoms with Crippen LogP contribution in [0.4, 0.5) is 0 Å². The smallest absolute Gasteiger partial charge is 0.191 e. The van der Waals surface area contributed by atoms with E-state index in [0.29, 0.717) is 6.54 Å². The first-order valence-corrected chi connectivity index (χ1v) is 8.92. The van der Waals surface area contributed by atoms with Gasteiger partial charge in [-0.2, -0.15) is 11.3 Å². The number of aliphatic imine (C=N–C) groups is 1. The number of methoxy groups -OCH3 is 1. The van der Waals surface area contributed by atoms with Crippen LogP contribution >= 0.6 is 35.3 Å². The summed E-state index contributed by atoms with van der Waals surface area (Å²) in [7, 11) is 1.70. The lowest BCUT2D eigenvalue weighted by atomic mass is 10.1. The van der Waals surface area contributed by atoms with Crippen LogP contribution in [0.1, 0.15) is 24.5 Å². The molecule has 0 radical (unpaired) electrons. The number of guanidine groups is 1. The van der Waals surface area contributed by atoms with E-state index in [-0.39, 0.29) is 24.0 Å². The maximum atomic E-state index is 5.25. The predicted molar refractivity (Wildman–Crippen MR) is 114 cm³/mol. The Bertz CT molecular complexity index is 602. The third kappa shape index (κ3) is 7.53. The van der Waals surface area contributed by atoms with Crippen LogP contribution in [-0.2, 0) is 13.0 Å². The highest BCUT2D eigenvalue weighted by Gasteiger charge is 1.99. The van der Waals surface area contributed by atoms with Gasteiger partial charge in [0.25, 0.3) is 0 Å². The van der Waals surface area contributed by atoms with Crippen LogP contribution in [0, 0.1) is 0 Å². The average molecular weight is 459 g/mol. The van der Waals surface area contributed by atoms with E-state index in [0.717, 1.165) is 37.6 Å². The summed E-state index contributed by atoms with van der Waals surface area (Å²) in [5.74, 6) is 1.80. The first kappa shape index (κ1) is 20.8. The van der Waals surface area contributed by atoms with Gasteiger partial charge in [-0.05, 0) is 59.9 Å². The summed E-state index contributed by atoms with van der Waals surface area (Å²) in [6.45, 7) is 4.56. The van der Waals surface area contributed by atoms with Crippen molar-refractivity contribution in [3.05, 3.63) is 52.2 Å². The van der Waals surface area contributed by atoms with Crippen molar-refractivity contribution in [3.8, 4) is 5.75 Å². The summed E-state index contributed by atoms with van der Waals surface area (Å²) in [4.78, 5) is 4.61. The minimum Gasteiger partial charge on any atom is -0.497 e. The molecule has 6 heteroatoms. The van der Waals surface area contributed by atoms with Gasteiger partial charge in [-0.3, -0.25) is 0 Å². The Kier molecular flexibility index (Phi) is 10.5. The summed E-state index contributed by atoms with van der Waals surface area (Å²) in [6, 6.07) is 10.4. The number of benzene rings is 1. The predicted octanol–water partition coefficient (Wildman–Crippen LogP) is 4.06. The van der Waals surface area contributed by atoms with Crippen molar-refractivity contribution in [2.75, 3.05) is 20.2 Å². The lowest BCUT2D eigenvalue weighted by Gasteiger charge is -2.11. The van der Waals surface area contributed by atoms with Gasteiger partial charge >= 0.3 is 0 Å². The van der Waals surface area contributed by atoms with Crippen molar-refractivity contribution in [2.45, 2.75) is 26.3 Å². The molecule has 1 aromatic carbocycles. The normalized spacial score (nSPS) is 10.8. The highest BCUT2D eigenvalue weighted by atomic mass is 127. The average Bonchev–Trinajstić information content (AvgIpc) is 3.10. The molecule has 0 amide bonds. The number of ether oxygens (including phenoxy) is 1. The van der Waals surface area contributed by atoms with Gasteiger partial charge in [0, 0.05) is 13.1 Å². The molecule has 0 spiro atoms. The summed E-state index contributed by atoms with van der Waals surface area (Å²) in [5, 5.41) is 10.9. The Balaban J connectivity index is 0.00000288. The molecule has 2 aromatic rings. The summed E-state index contributed by atoms with van der Waals surface area (Å²) in [6.07, 6.45) is 2.07. The summed E-state index contributed by atoms with van der Waals surface area (Å²) in [5.41, 5.74) is 2.55. The second-order valence-electron chi connectivity index (χ2n) is 5.21. The van der Waals surface area contributed by atoms with Gasteiger partial charge in [-0.25, -0.2) is 4.99 Å². The molecule has 0 saturated carbocycles. The van der Waals surface area contributed by atoms with Crippen LogP contribution in [0.5, 0.6) is 5.75 Å². The third-order valence-corrected chi connectivity index (χ3v) is 4.14. The van der Waals surface area contributed by atoms with E-state index in [4.69, 9.17) is 4.74 Å². The first-order chi connectivity index (χ1) is 11.3. The van der Waals surface area contributed by atoms with Crippen molar-refractivity contribution in [2.24, 2.45) is 4.99 Å². The number of hydrogen-bond acceptors (Lipinski definition) is 3. The Morgan fingerprint density at radius 3 is 2.79 bits per heavy atom. The van der Waals surface area contributed by atoms with Crippen molar-refractivity contribution in [3.63, 3.8) is 0 Å². The highest BCUT2D eigenvalue weighted by Crippen LogP contribution is 2.13. The number of nitrogens with zero attached hydrogens (tertiary/aromatic N) is 1. The van der Waals surface area contributed by atoms with E-state index in [9.17, 15) is 0 Å². The highest BCUT2D eigenvalue weighted by molar-refractivity contribution is 14.0. The topological polar surface area (TPSA) is 45.7 Å². The second-order valence-corrected chi connectivity index (χ2v) is 5.99. The lowest BCUT2D eigenvalue weighted by molar-refractivity contribution is 0.414. The fraction of sp³-hybridized carbons (Fsp3) is 0.389. The molecule has 2 N–H and O–H groups in total. The molecule has 0 aliphatic heterocycles. The molecule has 0 unspecified atom stereocenters. The van der Waals surface area contributed by atoms with Gasteiger partial charge in [-0.1, -0.05) is 12.1 Å². The standard InChI is InChI=1S/C18H25N3OS.HI/c1-3-19-18(21-13-16-9-11-23-14-16)20-10-5-7-15-6-4-8-17(12-15)22-2;/h4,6,8-9,11-12,14H,3,5,7,10,13H2,1-2H3,(H2,19,20,21);1H. The second kappa shape index (κ2) is 12.1. The third-order valence-electron chi connectivity index (χ3n) is 3.41. The Morgan fingerprint density at radius 1 is 1.21 bits per heavy atom. The van der Waals surface area contributed by atoms with E-state index >= 15 is 0 Å². The van der Waals surface area contributed by atoms with Crippen LogP contribution < -0.4 is 15.4 Å². The van der Waals surface area contributed by atoms with Crippen LogP contribution in [0.2, 0.25) is 0 Å². The number of halogens is 1. The monoisotopic (exact) mass is 459 g/mol. The molecule has 0 aliphatic rings. The van der Waals surface area contributed by atoms with E-state index in [1.165, 1.54) is 11.1 Å². The van der Waals surface area contributed by atoms with Gasteiger partial charge in [0.15, 0.2) is 5.96 Å². The van der Waals surface area contributed by atoms with Gasteiger partial charge in [0.05, 0.1) is 13.7 Å². The molecule has 4 nitrogen and oxygen atoms in total. The molecule has 1 heterocycles. The molecule has 0 aliphatic carbocycles. The molecule has 1 aromatic heterocycles. The maximum absolute atomic E-state index is 5.25. The molecule has 0 bridgehead atoms. The maximum Gasteiger partial charge on any atom is 0.191 e. The Labute approximate surface area is 165 Å². The van der Waals surface area contributed by atoms with E-state index in [2.05, 4.69) is 51.5 Å². The zero-order valence-electron chi connectivity index (χ0n) is 14.2. The zero-order chi connectivity index (χ0) is 16.3. The van der Waals surface area contributed by atoms with Crippen LogP contribution in [0.15, 0.2) is 46.1 Å². The van der Waals surface area contributed by atoms with E-state index in [1.54, 1.807) is 18.4 Å². The minimum atomic E-state index is 0. The Morgan fingerprint density at radius 2 is 2.08 bits per heavy atom. The largest absolute Gasteiger partial charge is 0.497 e. The van der Waals surface area contributed by atoms with Crippen molar-refractivity contribution in [1.29, 1.82) is 0 Å². The van der Waals surface area contributed by atoms with Crippen LogP contribution in [-0.4, -0.2) is 26.2 Å². The van der Waals surface area contributed by atoms with E-state index < -0.39 is 0 Å². The zero-order valence-corrected chi connectivity index (χ0v) is 17.4. The van der Waals surface area contributed by atoms with Crippen molar-refractivity contribution >= 4 is 41.3 Å². The van der Waals surface area contributed by atoms with Gasteiger partial charge < -0.3 is 15.4 Å². The number of thiophene rings is 1. The molecule has 2 rings (SSSR count). The number of nitrogens with one attached hydrogen (secondary N) is 2. The first-order valence-electron chi connectivity index (χ1n) is 7.98. The number of aryl methyl sites for hydroxylation is 1. The van der Waals surface area contributed by atoms with Gasteiger partial charge in [-0.15, -0.1) is 24.0 Å². The lowest BCUT2D eigenvalue weighted by Crippen LogP contribution is -2.37. The number of hydrogen-bond donors (Lipinski definition) is 2. The SMILES string of the molecule is CCNC(=NCc1ccsc1)NCCCc1cccc(OC)c1.I. The van der Waals surface area contributed by atoms with Crippen molar-refractivity contribution < 1.29 is 4.74 Å². The summed E-state index contributed by atoms with van der Waals surface area (Å²) < 4.78 is 5.25. The summed E-state index contributed by atoms with van der Waals surface area (Å²) >= 11 is 1.71. The van der Waals surface area contributed by atoms with Crippen molar-refractivity contribution in [1.82, 2.24) is 10.6 Å². The molecule has 0 fully saturated rings. The van der Waals surface area contributed by atoms with Crippen LogP contribution in [0.3, 0.4) is 0 Å². The molecular formula is C18H26IN3OS. The fourth-order valence-electron chi connectivity index (χ4n) is 2.22. The van der Waals surface area contributed by atoms with E-state index in [1.807, 2.05) is 12.1 Å². The molecule has 24 heavy (non-hydrogen) atoms. The van der Waals surface area contributed by atoms with Gasteiger partial charge in [0.2, 0.25) is 0 Å². The quantitative estimate of drug-likeness (QED) is 0.271. The Hall–Kier alpha value is -1.28. The number of rotatable bonds is 8. The molecule has 0 atom stereocenters. The molecule has 132 valence electrons.